The van der Waals surface area contributed by atoms with E-state index in [-0.39, 0.29) is 12.0 Å². The van der Waals surface area contributed by atoms with E-state index in [2.05, 4.69) is 16.9 Å². The van der Waals surface area contributed by atoms with Crippen LogP contribution >= 0.6 is 0 Å². The zero-order valence-electron chi connectivity index (χ0n) is 18.4. The van der Waals surface area contributed by atoms with Gasteiger partial charge in [-0.15, -0.1) is 0 Å². The quantitative estimate of drug-likeness (QED) is 0.562. The summed E-state index contributed by atoms with van der Waals surface area (Å²) in [6.45, 7) is 8.75. The topological polar surface area (TPSA) is 78.7 Å². The monoisotopic (exact) mass is 424 g/mol. The second-order valence-electron chi connectivity index (χ2n) is 7.70. The van der Waals surface area contributed by atoms with E-state index in [1.165, 1.54) is 0 Å². The Morgan fingerprint density at radius 2 is 2.16 bits per heavy atom. The SMILES string of the molecule is CCOC(=O)c1cc(N2CCOC[C@H]2C)nc2c1cnn2Cc1ccc(OC)cc1C. The first-order chi connectivity index (χ1) is 15.0. The highest BCUT2D eigenvalue weighted by atomic mass is 16.5. The van der Waals surface area contributed by atoms with Crippen LogP contribution in [0.5, 0.6) is 5.75 Å². The van der Waals surface area contributed by atoms with Crippen molar-refractivity contribution in [2.24, 2.45) is 0 Å². The van der Waals surface area contributed by atoms with Crippen LogP contribution in [0.2, 0.25) is 0 Å². The lowest BCUT2D eigenvalue weighted by Gasteiger charge is -2.34. The molecule has 164 valence electrons. The van der Waals surface area contributed by atoms with E-state index in [9.17, 15) is 4.79 Å². The smallest absolute Gasteiger partial charge is 0.339 e. The molecule has 0 bridgehead atoms. The maximum atomic E-state index is 12.7. The molecule has 0 radical (unpaired) electrons. The van der Waals surface area contributed by atoms with Gasteiger partial charge in [-0.05, 0) is 50.1 Å². The van der Waals surface area contributed by atoms with Crippen molar-refractivity contribution in [2.75, 3.05) is 38.4 Å². The summed E-state index contributed by atoms with van der Waals surface area (Å²) in [5.41, 5.74) is 3.36. The molecule has 4 rings (SSSR count). The number of aryl methyl sites for hydroxylation is 1. The normalized spacial score (nSPS) is 16.5. The first-order valence-corrected chi connectivity index (χ1v) is 10.5. The van der Waals surface area contributed by atoms with E-state index >= 15 is 0 Å². The van der Waals surface area contributed by atoms with Crippen LogP contribution in [-0.4, -0.2) is 60.3 Å². The number of benzene rings is 1. The fraction of sp³-hybridized carbons (Fsp3) is 0.435. The molecular weight excluding hydrogens is 396 g/mol. The van der Waals surface area contributed by atoms with Crippen LogP contribution in [0.1, 0.15) is 35.3 Å². The van der Waals surface area contributed by atoms with Gasteiger partial charge in [-0.3, -0.25) is 0 Å². The number of nitrogens with zero attached hydrogens (tertiary/aromatic N) is 4. The molecule has 0 saturated carbocycles. The summed E-state index contributed by atoms with van der Waals surface area (Å²) in [7, 11) is 1.66. The summed E-state index contributed by atoms with van der Waals surface area (Å²) in [4.78, 5) is 19.8. The first-order valence-electron chi connectivity index (χ1n) is 10.5. The summed E-state index contributed by atoms with van der Waals surface area (Å²) in [6.07, 6.45) is 1.69. The molecule has 3 heterocycles. The minimum atomic E-state index is -0.364. The fourth-order valence-corrected chi connectivity index (χ4v) is 3.88. The molecule has 3 aromatic rings. The van der Waals surface area contributed by atoms with Gasteiger partial charge in [-0.25, -0.2) is 14.5 Å². The van der Waals surface area contributed by atoms with Crippen molar-refractivity contribution >= 4 is 22.8 Å². The number of pyridine rings is 1. The zero-order valence-corrected chi connectivity index (χ0v) is 18.4. The molecular formula is C23H28N4O4. The van der Waals surface area contributed by atoms with Crippen molar-refractivity contribution < 1.29 is 19.0 Å². The summed E-state index contributed by atoms with van der Waals surface area (Å²) in [5.74, 6) is 1.19. The van der Waals surface area contributed by atoms with Gasteiger partial charge in [-0.2, -0.15) is 5.10 Å². The molecule has 1 fully saturated rings. The van der Waals surface area contributed by atoms with Crippen molar-refractivity contribution in [1.29, 1.82) is 0 Å². The van der Waals surface area contributed by atoms with E-state index < -0.39 is 0 Å². The number of morpholine rings is 1. The molecule has 31 heavy (non-hydrogen) atoms. The molecule has 1 aromatic carbocycles. The lowest BCUT2D eigenvalue weighted by atomic mass is 10.1. The summed E-state index contributed by atoms with van der Waals surface area (Å²) in [6, 6.07) is 7.94. The summed E-state index contributed by atoms with van der Waals surface area (Å²) >= 11 is 0. The van der Waals surface area contributed by atoms with E-state index in [1.807, 2.05) is 35.9 Å². The molecule has 0 unspecified atom stereocenters. The van der Waals surface area contributed by atoms with Gasteiger partial charge in [0.1, 0.15) is 11.6 Å². The van der Waals surface area contributed by atoms with Gasteiger partial charge in [0.25, 0.3) is 0 Å². The number of rotatable bonds is 6. The molecule has 2 aromatic heterocycles. The van der Waals surface area contributed by atoms with Crippen LogP contribution < -0.4 is 9.64 Å². The van der Waals surface area contributed by atoms with Crippen LogP contribution in [0.3, 0.4) is 0 Å². The number of methoxy groups -OCH3 is 1. The lowest BCUT2D eigenvalue weighted by molar-refractivity contribution is 0.0528. The fourth-order valence-electron chi connectivity index (χ4n) is 3.88. The Balaban J connectivity index is 1.79. The van der Waals surface area contributed by atoms with Crippen molar-refractivity contribution in [3.63, 3.8) is 0 Å². The Bertz CT molecular complexity index is 1090. The molecule has 0 spiro atoms. The Labute approximate surface area is 181 Å². The molecule has 0 N–H and O–H groups in total. The van der Waals surface area contributed by atoms with Crippen LogP contribution in [0, 0.1) is 6.92 Å². The van der Waals surface area contributed by atoms with Crippen LogP contribution in [-0.2, 0) is 16.0 Å². The van der Waals surface area contributed by atoms with Gasteiger partial charge in [0.15, 0.2) is 5.65 Å². The summed E-state index contributed by atoms with van der Waals surface area (Å²) in [5, 5.41) is 5.24. The van der Waals surface area contributed by atoms with Gasteiger partial charge in [-0.1, -0.05) is 6.07 Å². The number of carbonyl (C=O) groups excluding carboxylic acids is 1. The molecule has 0 aliphatic carbocycles. The third-order valence-corrected chi connectivity index (χ3v) is 5.62. The number of anilines is 1. The van der Waals surface area contributed by atoms with Crippen LogP contribution in [0.15, 0.2) is 30.5 Å². The molecule has 0 amide bonds. The predicted octanol–water partition coefficient (Wildman–Crippen LogP) is 3.20. The van der Waals surface area contributed by atoms with Gasteiger partial charge in [0.05, 0.1) is 56.7 Å². The van der Waals surface area contributed by atoms with Crippen molar-refractivity contribution in [3.05, 3.63) is 47.2 Å². The van der Waals surface area contributed by atoms with Crippen molar-refractivity contribution in [1.82, 2.24) is 14.8 Å². The average Bonchev–Trinajstić information content (AvgIpc) is 3.17. The van der Waals surface area contributed by atoms with Gasteiger partial charge in [0.2, 0.25) is 0 Å². The minimum Gasteiger partial charge on any atom is -0.497 e. The van der Waals surface area contributed by atoms with E-state index in [0.717, 1.165) is 22.7 Å². The molecule has 1 aliphatic rings. The molecule has 8 heteroatoms. The number of ether oxygens (including phenoxy) is 3. The molecule has 8 nitrogen and oxygen atoms in total. The van der Waals surface area contributed by atoms with Gasteiger partial charge >= 0.3 is 5.97 Å². The van der Waals surface area contributed by atoms with Crippen molar-refractivity contribution in [3.8, 4) is 5.75 Å². The van der Waals surface area contributed by atoms with E-state index in [4.69, 9.17) is 19.2 Å². The first kappa shape index (κ1) is 21.1. The standard InChI is InChI=1S/C23H28N4O4/c1-5-31-23(28)19-11-21(26-8-9-30-14-16(26)3)25-22-20(19)12-24-27(22)13-17-6-7-18(29-4)10-15(17)2/h6-7,10-12,16H,5,8-9,13-14H2,1-4H3/t16-/m1/s1. The minimum absolute atomic E-state index is 0.161. The number of fused-ring (bicyclic) bond motifs is 1. The second kappa shape index (κ2) is 8.93. The van der Waals surface area contributed by atoms with Gasteiger partial charge in [0, 0.05) is 6.54 Å². The average molecular weight is 425 g/mol. The molecule has 1 saturated heterocycles. The van der Waals surface area contributed by atoms with Crippen molar-refractivity contribution in [2.45, 2.75) is 33.4 Å². The Hall–Kier alpha value is -3.13. The maximum Gasteiger partial charge on any atom is 0.339 e. The number of carbonyl (C=O) groups is 1. The largest absolute Gasteiger partial charge is 0.497 e. The third-order valence-electron chi connectivity index (χ3n) is 5.62. The second-order valence-corrected chi connectivity index (χ2v) is 7.70. The maximum absolute atomic E-state index is 12.7. The number of hydrogen-bond donors (Lipinski definition) is 0. The number of esters is 1. The van der Waals surface area contributed by atoms with Gasteiger partial charge < -0.3 is 19.1 Å². The Morgan fingerprint density at radius 1 is 1.32 bits per heavy atom. The highest BCUT2D eigenvalue weighted by Gasteiger charge is 2.25. The summed E-state index contributed by atoms with van der Waals surface area (Å²) < 4.78 is 18.0. The highest BCUT2D eigenvalue weighted by molar-refractivity contribution is 6.03. The Morgan fingerprint density at radius 3 is 2.87 bits per heavy atom. The Kier molecular flexibility index (Phi) is 6.08. The number of aromatic nitrogens is 3. The molecule has 1 aliphatic heterocycles. The predicted molar refractivity (Wildman–Crippen MR) is 118 cm³/mol. The zero-order chi connectivity index (χ0) is 22.0. The van der Waals surface area contributed by atoms with E-state index in [1.54, 1.807) is 20.2 Å². The van der Waals surface area contributed by atoms with E-state index in [0.29, 0.717) is 49.5 Å². The molecule has 1 atom stereocenters. The third kappa shape index (κ3) is 4.20. The highest BCUT2D eigenvalue weighted by Crippen LogP contribution is 2.27. The number of hydrogen-bond acceptors (Lipinski definition) is 7. The lowest BCUT2D eigenvalue weighted by Crippen LogP contribution is -2.44. The van der Waals surface area contributed by atoms with Crippen LogP contribution in [0.25, 0.3) is 11.0 Å². The van der Waals surface area contributed by atoms with Crippen LogP contribution in [0.4, 0.5) is 5.82 Å².